The van der Waals surface area contributed by atoms with Crippen LogP contribution in [0, 0.1) is 6.92 Å². The number of aryl methyl sites for hydroxylation is 1. The lowest BCUT2D eigenvalue weighted by atomic mass is 9.92. The first kappa shape index (κ1) is 29.6. The Morgan fingerprint density at radius 2 is 1.82 bits per heavy atom. The first-order valence-corrected chi connectivity index (χ1v) is 14.0. The third-order valence-corrected chi connectivity index (χ3v) is 6.48. The summed E-state index contributed by atoms with van der Waals surface area (Å²) in [7, 11) is 0. The Morgan fingerprint density at radius 1 is 1.08 bits per heavy atom. The number of ether oxygens (including phenoxy) is 1. The van der Waals surface area contributed by atoms with Gasteiger partial charge in [0, 0.05) is 23.5 Å². The zero-order chi connectivity index (χ0) is 28.6. The lowest BCUT2D eigenvalue weighted by Crippen LogP contribution is -2.41. The number of rotatable bonds is 10. The molecule has 0 aliphatic rings. The van der Waals surface area contributed by atoms with Crippen LogP contribution in [0.5, 0.6) is 0 Å². The van der Waals surface area contributed by atoms with Crippen LogP contribution in [-0.2, 0) is 14.3 Å². The van der Waals surface area contributed by atoms with E-state index in [2.05, 4.69) is 10.3 Å². The van der Waals surface area contributed by atoms with Gasteiger partial charge in [0.2, 0.25) is 0 Å². The minimum atomic E-state index is -1.08. The van der Waals surface area contributed by atoms with E-state index in [4.69, 9.17) is 4.74 Å². The first-order chi connectivity index (χ1) is 18.5. The van der Waals surface area contributed by atoms with E-state index in [-0.39, 0.29) is 0 Å². The smallest absolute Gasteiger partial charge is 0.339 e. The molecule has 1 atom stereocenters. The molecular formula is C31H34N2O5S. The molecule has 0 aliphatic carbocycles. The average molecular weight is 547 g/mol. The molecule has 1 heterocycles. The van der Waals surface area contributed by atoms with Gasteiger partial charge in [0.05, 0.1) is 5.57 Å². The van der Waals surface area contributed by atoms with Gasteiger partial charge in [-0.1, -0.05) is 36.4 Å². The average Bonchev–Trinajstić information content (AvgIpc) is 2.89. The van der Waals surface area contributed by atoms with Crippen molar-refractivity contribution in [2.45, 2.75) is 45.8 Å². The van der Waals surface area contributed by atoms with Crippen LogP contribution in [0.15, 0.2) is 67.0 Å². The molecule has 2 aromatic carbocycles. The number of pyridine rings is 1. The molecule has 0 aliphatic heterocycles. The number of carboxylic acids is 1. The Balaban J connectivity index is 2.12. The van der Waals surface area contributed by atoms with Gasteiger partial charge in [-0.2, -0.15) is 11.8 Å². The van der Waals surface area contributed by atoms with Gasteiger partial charge in [0.1, 0.15) is 11.6 Å². The summed E-state index contributed by atoms with van der Waals surface area (Å²) in [6.45, 7) is 7.36. The fourth-order valence-electron chi connectivity index (χ4n) is 3.96. The van der Waals surface area contributed by atoms with Crippen LogP contribution in [0.3, 0.4) is 0 Å². The molecule has 204 valence electrons. The number of carboxylic acid groups (broad SMARTS) is 1. The van der Waals surface area contributed by atoms with Crippen LogP contribution < -0.4 is 5.32 Å². The van der Waals surface area contributed by atoms with Gasteiger partial charge in [-0.05, 0) is 92.7 Å². The Morgan fingerprint density at radius 3 is 2.44 bits per heavy atom. The molecule has 39 heavy (non-hydrogen) atoms. The van der Waals surface area contributed by atoms with E-state index >= 15 is 0 Å². The van der Waals surface area contributed by atoms with Crippen LogP contribution in [-0.4, -0.2) is 51.6 Å². The molecule has 1 amide bonds. The van der Waals surface area contributed by atoms with Crippen LogP contribution in [0.1, 0.15) is 54.2 Å². The summed E-state index contributed by atoms with van der Waals surface area (Å²) in [5.74, 6) is -1.44. The maximum Gasteiger partial charge on any atom is 0.339 e. The van der Waals surface area contributed by atoms with E-state index in [0.717, 1.165) is 11.1 Å². The summed E-state index contributed by atoms with van der Waals surface area (Å²) in [5, 5.41) is 12.3. The highest BCUT2D eigenvalue weighted by Gasteiger charge is 2.24. The quantitative estimate of drug-likeness (QED) is 0.242. The number of carbonyl (C=O) groups is 3. The molecule has 3 aromatic rings. The minimum Gasteiger partial charge on any atom is -0.480 e. The van der Waals surface area contributed by atoms with Gasteiger partial charge in [0.25, 0.3) is 5.91 Å². The predicted molar refractivity (Wildman–Crippen MR) is 156 cm³/mol. The van der Waals surface area contributed by atoms with Crippen molar-refractivity contribution >= 4 is 41.3 Å². The van der Waals surface area contributed by atoms with Gasteiger partial charge in [-0.15, -0.1) is 0 Å². The highest BCUT2D eigenvalue weighted by atomic mass is 32.2. The largest absolute Gasteiger partial charge is 0.480 e. The molecule has 0 radical (unpaired) electrons. The summed E-state index contributed by atoms with van der Waals surface area (Å²) in [5.41, 5.74) is 3.66. The van der Waals surface area contributed by atoms with Crippen molar-refractivity contribution in [2.75, 3.05) is 12.0 Å². The second-order valence-corrected chi connectivity index (χ2v) is 11.1. The Kier molecular flexibility index (Phi) is 10.1. The van der Waals surface area contributed by atoms with E-state index in [1.54, 1.807) is 63.5 Å². The second kappa shape index (κ2) is 13.2. The zero-order valence-electron chi connectivity index (χ0n) is 22.9. The summed E-state index contributed by atoms with van der Waals surface area (Å²) in [4.78, 5) is 42.5. The molecule has 0 spiro atoms. The van der Waals surface area contributed by atoms with Crippen molar-refractivity contribution in [3.05, 3.63) is 89.2 Å². The highest BCUT2D eigenvalue weighted by molar-refractivity contribution is 7.98. The molecule has 2 N–H and O–H groups in total. The number of esters is 1. The molecular weight excluding hydrogens is 512 g/mol. The van der Waals surface area contributed by atoms with E-state index in [1.165, 1.54) is 11.8 Å². The Hall–Kier alpha value is -3.91. The second-order valence-electron chi connectivity index (χ2n) is 10.1. The van der Waals surface area contributed by atoms with Gasteiger partial charge in [-0.25, -0.2) is 9.59 Å². The molecule has 7 nitrogen and oxygen atoms in total. The van der Waals surface area contributed by atoms with Crippen LogP contribution in [0.25, 0.3) is 22.8 Å². The van der Waals surface area contributed by atoms with Crippen LogP contribution in [0.2, 0.25) is 0 Å². The fourth-order valence-corrected chi connectivity index (χ4v) is 4.43. The lowest BCUT2D eigenvalue weighted by molar-refractivity contribution is -0.147. The number of aromatic nitrogens is 1. The molecule has 0 bridgehead atoms. The standard InChI is InChI=1S/C31H34N2O5S/c1-20-9-6-7-11-23(20)26-18-21(12-13-24(26)28(34)33-27(29(35)36)14-16-39-5)17-25(22-10-8-15-32-19-22)30(37)38-31(2,3)4/h6-13,15,17-19,27H,14,16H2,1-5H3,(H,33,34)(H,35,36)/b25-17-/t27-/m0/s1. The Labute approximate surface area is 233 Å². The van der Waals surface area contributed by atoms with E-state index < -0.39 is 29.5 Å². The predicted octanol–water partition coefficient (Wildman–Crippen LogP) is 5.88. The normalized spacial score (nSPS) is 12.5. The van der Waals surface area contributed by atoms with Gasteiger partial charge in [-0.3, -0.25) is 9.78 Å². The monoisotopic (exact) mass is 546 g/mol. The number of hydrogen-bond acceptors (Lipinski definition) is 6. The van der Waals surface area contributed by atoms with Crippen molar-refractivity contribution in [1.29, 1.82) is 0 Å². The summed E-state index contributed by atoms with van der Waals surface area (Å²) in [6.07, 6.45) is 7.14. The topological polar surface area (TPSA) is 106 Å². The molecule has 0 fully saturated rings. The van der Waals surface area contributed by atoms with Crippen molar-refractivity contribution in [2.24, 2.45) is 0 Å². The number of nitrogens with zero attached hydrogens (tertiary/aromatic N) is 1. The lowest BCUT2D eigenvalue weighted by Gasteiger charge is -2.21. The fraction of sp³-hybridized carbons (Fsp3) is 0.290. The third-order valence-electron chi connectivity index (χ3n) is 5.84. The molecule has 0 saturated carbocycles. The maximum atomic E-state index is 13.4. The van der Waals surface area contributed by atoms with Crippen molar-refractivity contribution in [3.8, 4) is 11.1 Å². The van der Waals surface area contributed by atoms with Crippen molar-refractivity contribution in [3.63, 3.8) is 0 Å². The van der Waals surface area contributed by atoms with Crippen molar-refractivity contribution in [1.82, 2.24) is 10.3 Å². The number of nitrogens with one attached hydrogen (secondary N) is 1. The zero-order valence-corrected chi connectivity index (χ0v) is 23.7. The third kappa shape index (κ3) is 8.29. The molecule has 0 unspecified atom stereocenters. The summed E-state index contributed by atoms with van der Waals surface area (Å²) in [6, 6.07) is 15.4. The summed E-state index contributed by atoms with van der Waals surface area (Å²) >= 11 is 1.52. The minimum absolute atomic E-state index is 0.313. The van der Waals surface area contributed by atoms with Crippen LogP contribution in [0.4, 0.5) is 0 Å². The molecule has 3 rings (SSSR count). The van der Waals surface area contributed by atoms with Gasteiger partial charge in [0.15, 0.2) is 0 Å². The first-order valence-electron chi connectivity index (χ1n) is 12.6. The molecule has 8 heteroatoms. The number of thioether (sulfide) groups is 1. The van der Waals surface area contributed by atoms with E-state index in [0.29, 0.717) is 40.0 Å². The Bertz CT molecular complexity index is 1360. The van der Waals surface area contributed by atoms with Crippen molar-refractivity contribution < 1.29 is 24.2 Å². The molecule has 0 saturated heterocycles. The maximum absolute atomic E-state index is 13.4. The number of benzene rings is 2. The summed E-state index contributed by atoms with van der Waals surface area (Å²) < 4.78 is 5.66. The highest BCUT2D eigenvalue weighted by Crippen LogP contribution is 2.30. The number of carbonyl (C=O) groups excluding carboxylic acids is 2. The number of amides is 1. The van der Waals surface area contributed by atoms with E-state index in [9.17, 15) is 19.5 Å². The van der Waals surface area contributed by atoms with Gasteiger partial charge < -0.3 is 15.2 Å². The SMILES string of the molecule is CSCC[C@H](NC(=O)c1ccc(/C=C(\C(=O)OC(C)(C)C)c2cccnc2)cc1-c1ccccc1C)C(=O)O. The van der Waals surface area contributed by atoms with Gasteiger partial charge >= 0.3 is 11.9 Å². The number of aliphatic carboxylic acids is 1. The van der Waals surface area contributed by atoms with Crippen LogP contribution >= 0.6 is 11.8 Å². The molecule has 1 aromatic heterocycles. The number of hydrogen-bond donors (Lipinski definition) is 2. The van der Waals surface area contributed by atoms with E-state index in [1.807, 2.05) is 43.5 Å².